The fraction of sp³-hybridized carbons (Fsp3) is 0.588. The van der Waals surface area contributed by atoms with Gasteiger partial charge in [-0.1, -0.05) is 30.3 Å². The fourth-order valence-corrected chi connectivity index (χ4v) is 3.14. The summed E-state index contributed by atoms with van der Waals surface area (Å²) in [6, 6.07) is 10.5. The average molecular weight is 289 g/mol. The van der Waals surface area contributed by atoms with Gasteiger partial charge in [-0.15, -0.1) is 0 Å². The summed E-state index contributed by atoms with van der Waals surface area (Å²) in [6.07, 6.45) is 2.95. The maximum Gasteiger partial charge on any atom is 0.227 e. The number of nitrogens with two attached hydrogens (primary N) is 1. The van der Waals surface area contributed by atoms with Gasteiger partial charge in [0.05, 0.1) is 5.92 Å². The number of nitrogens with zero attached hydrogens (tertiary/aromatic N) is 2. The van der Waals surface area contributed by atoms with Crippen molar-refractivity contribution in [1.29, 1.82) is 0 Å². The number of likely N-dealkylation sites (N-methyl/N-ethyl adjacent to an activating group) is 1. The molecule has 1 aliphatic rings. The van der Waals surface area contributed by atoms with Gasteiger partial charge in [-0.05, 0) is 38.9 Å². The van der Waals surface area contributed by atoms with Crippen LogP contribution in [0.5, 0.6) is 0 Å². The Morgan fingerprint density at radius 2 is 2.10 bits per heavy atom. The molecule has 1 aliphatic heterocycles. The molecule has 116 valence electrons. The van der Waals surface area contributed by atoms with E-state index in [2.05, 4.69) is 36.0 Å². The third-order valence-electron chi connectivity index (χ3n) is 4.19. The number of carbonyl (C=O) groups excluding carboxylic acids is 1. The minimum atomic E-state index is -0.102. The van der Waals surface area contributed by atoms with E-state index in [1.54, 1.807) is 0 Å². The molecule has 21 heavy (non-hydrogen) atoms. The third kappa shape index (κ3) is 4.29. The maximum atomic E-state index is 12.8. The second-order valence-electron chi connectivity index (χ2n) is 6.21. The van der Waals surface area contributed by atoms with E-state index >= 15 is 0 Å². The fourth-order valence-electron chi connectivity index (χ4n) is 3.14. The predicted molar refractivity (Wildman–Crippen MR) is 86.0 cm³/mol. The van der Waals surface area contributed by atoms with Crippen LogP contribution in [0.4, 0.5) is 0 Å². The molecule has 0 aliphatic carbocycles. The lowest BCUT2D eigenvalue weighted by atomic mass is 9.97. The van der Waals surface area contributed by atoms with Crippen LogP contribution in [0, 0.1) is 5.92 Å². The van der Waals surface area contributed by atoms with Crippen LogP contribution in [0.1, 0.15) is 18.4 Å². The molecule has 1 saturated heterocycles. The van der Waals surface area contributed by atoms with Gasteiger partial charge in [0.25, 0.3) is 0 Å². The normalized spacial score (nSPS) is 20.0. The van der Waals surface area contributed by atoms with Crippen molar-refractivity contribution in [2.75, 3.05) is 33.7 Å². The summed E-state index contributed by atoms with van der Waals surface area (Å²) >= 11 is 0. The predicted octanol–water partition coefficient (Wildman–Crippen LogP) is 1.36. The van der Waals surface area contributed by atoms with Gasteiger partial charge in [-0.25, -0.2) is 0 Å². The first-order valence-electron chi connectivity index (χ1n) is 7.81. The quantitative estimate of drug-likeness (QED) is 0.860. The Kier molecular flexibility index (Phi) is 5.76. The van der Waals surface area contributed by atoms with E-state index < -0.39 is 0 Å². The molecular formula is C17H27N3O. The van der Waals surface area contributed by atoms with Crippen molar-refractivity contribution in [3.8, 4) is 0 Å². The van der Waals surface area contributed by atoms with E-state index in [1.807, 2.05) is 18.2 Å². The van der Waals surface area contributed by atoms with Crippen molar-refractivity contribution in [3.63, 3.8) is 0 Å². The van der Waals surface area contributed by atoms with Crippen LogP contribution in [0.3, 0.4) is 0 Å². The topological polar surface area (TPSA) is 49.6 Å². The number of hydrogen-bond acceptors (Lipinski definition) is 3. The van der Waals surface area contributed by atoms with Crippen molar-refractivity contribution in [3.05, 3.63) is 35.9 Å². The first-order chi connectivity index (χ1) is 10.1. The maximum absolute atomic E-state index is 12.8. The molecule has 2 unspecified atom stereocenters. The molecule has 0 bridgehead atoms. The Hall–Kier alpha value is -1.39. The first-order valence-corrected chi connectivity index (χ1v) is 7.81. The zero-order valence-electron chi connectivity index (χ0n) is 13.2. The van der Waals surface area contributed by atoms with Crippen LogP contribution in [0.15, 0.2) is 30.3 Å². The third-order valence-corrected chi connectivity index (χ3v) is 4.19. The summed E-state index contributed by atoms with van der Waals surface area (Å²) in [4.78, 5) is 17.0. The van der Waals surface area contributed by atoms with Crippen LogP contribution in [0.2, 0.25) is 0 Å². The van der Waals surface area contributed by atoms with Crippen LogP contribution >= 0.6 is 0 Å². The Balaban J connectivity index is 2.02. The molecule has 0 saturated carbocycles. The number of amides is 1. The van der Waals surface area contributed by atoms with Crippen LogP contribution in [0.25, 0.3) is 0 Å². The molecule has 4 nitrogen and oxygen atoms in total. The largest absolute Gasteiger partial charge is 0.338 e. The van der Waals surface area contributed by atoms with Crippen molar-refractivity contribution >= 4 is 5.91 Å². The summed E-state index contributed by atoms with van der Waals surface area (Å²) in [5.41, 5.74) is 7.06. The molecule has 1 amide bonds. The molecule has 4 heteroatoms. The Labute approximate surface area is 127 Å². The van der Waals surface area contributed by atoms with Gasteiger partial charge < -0.3 is 15.5 Å². The summed E-state index contributed by atoms with van der Waals surface area (Å²) in [5, 5.41) is 0. The molecule has 2 rings (SSSR count). The highest BCUT2D eigenvalue weighted by Gasteiger charge is 2.32. The summed E-state index contributed by atoms with van der Waals surface area (Å²) in [5.74, 6) is 0.126. The van der Waals surface area contributed by atoms with E-state index in [0.29, 0.717) is 12.6 Å². The highest BCUT2D eigenvalue weighted by molar-refractivity contribution is 5.80. The summed E-state index contributed by atoms with van der Waals surface area (Å²) in [7, 11) is 4.12. The average Bonchev–Trinajstić information content (AvgIpc) is 2.92. The Bertz CT molecular complexity index is 447. The van der Waals surface area contributed by atoms with Gasteiger partial charge in [-0.2, -0.15) is 0 Å². The molecule has 1 aromatic carbocycles. The Morgan fingerprint density at radius 3 is 2.71 bits per heavy atom. The standard InChI is InChI=1S/C17H27N3O/c1-19(2)13-16-9-6-10-20(16)17(21)15(12-18)11-14-7-4-3-5-8-14/h3-5,7-8,15-16H,6,9-13,18H2,1-2H3. The zero-order chi connectivity index (χ0) is 15.2. The van der Waals surface area contributed by atoms with Gasteiger partial charge in [0.2, 0.25) is 5.91 Å². The minimum absolute atomic E-state index is 0.102. The second kappa shape index (κ2) is 7.57. The van der Waals surface area contributed by atoms with Crippen LogP contribution < -0.4 is 5.73 Å². The molecule has 2 atom stereocenters. The van der Waals surface area contributed by atoms with Crippen LogP contribution in [-0.4, -0.2) is 55.5 Å². The van der Waals surface area contributed by atoms with Crippen molar-refractivity contribution in [1.82, 2.24) is 9.80 Å². The second-order valence-corrected chi connectivity index (χ2v) is 6.21. The van der Waals surface area contributed by atoms with E-state index in [-0.39, 0.29) is 11.8 Å². The number of rotatable bonds is 6. The Morgan fingerprint density at radius 1 is 1.38 bits per heavy atom. The molecule has 0 aromatic heterocycles. The van der Waals surface area contributed by atoms with Crippen molar-refractivity contribution in [2.24, 2.45) is 11.7 Å². The van der Waals surface area contributed by atoms with Gasteiger partial charge in [-0.3, -0.25) is 4.79 Å². The molecule has 1 aromatic rings. The summed E-state index contributed by atoms with van der Waals surface area (Å²) in [6.45, 7) is 2.23. The molecule has 0 radical (unpaired) electrons. The highest BCUT2D eigenvalue weighted by atomic mass is 16.2. The van der Waals surface area contributed by atoms with E-state index in [4.69, 9.17) is 5.73 Å². The van der Waals surface area contributed by atoms with E-state index in [1.165, 1.54) is 5.56 Å². The molecule has 1 heterocycles. The number of hydrogen-bond donors (Lipinski definition) is 1. The molecule has 1 fully saturated rings. The number of carbonyl (C=O) groups is 1. The van der Waals surface area contributed by atoms with E-state index in [9.17, 15) is 4.79 Å². The van der Waals surface area contributed by atoms with Gasteiger partial charge >= 0.3 is 0 Å². The monoisotopic (exact) mass is 289 g/mol. The number of likely N-dealkylation sites (tertiary alicyclic amines) is 1. The van der Waals surface area contributed by atoms with Crippen LogP contribution in [-0.2, 0) is 11.2 Å². The first kappa shape index (κ1) is 16.0. The number of benzene rings is 1. The lowest BCUT2D eigenvalue weighted by Crippen LogP contribution is -2.46. The van der Waals surface area contributed by atoms with Crippen molar-refractivity contribution in [2.45, 2.75) is 25.3 Å². The lowest BCUT2D eigenvalue weighted by Gasteiger charge is -2.30. The molecule has 0 spiro atoms. The van der Waals surface area contributed by atoms with Gasteiger partial charge in [0, 0.05) is 25.7 Å². The lowest BCUT2D eigenvalue weighted by molar-refractivity contribution is -0.136. The van der Waals surface area contributed by atoms with Gasteiger partial charge in [0.1, 0.15) is 0 Å². The highest BCUT2D eigenvalue weighted by Crippen LogP contribution is 2.21. The molecule has 2 N–H and O–H groups in total. The SMILES string of the molecule is CN(C)CC1CCCN1C(=O)C(CN)Cc1ccccc1. The smallest absolute Gasteiger partial charge is 0.227 e. The minimum Gasteiger partial charge on any atom is -0.338 e. The van der Waals surface area contributed by atoms with Crippen molar-refractivity contribution < 1.29 is 4.79 Å². The molecular weight excluding hydrogens is 262 g/mol. The van der Waals surface area contributed by atoms with E-state index in [0.717, 1.165) is 32.4 Å². The van der Waals surface area contributed by atoms with Gasteiger partial charge in [0.15, 0.2) is 0 Å². The zero-order valence-corrected chi connectivity index (χ0v) is 13.2. The summed E-state index contributed by atoms with van der Waals surface area (Å²) < 4.78 is 0.